The van der Waals surface area contributed by atoms with Gasteiger partial charge >= 0.3 is 0 Å². The minimum absolute atomic E-state index is 0.111. The summed E-state index contributed by atoms with van der Waals surface area (Å²) in [4.78, 5) is 11.3. The number of carbonyl (C=O) groups excluding carboxylic acids is 1. The van der Waals surface area contributed by atoms with Crippen LogP contribution in [0.25, 0.3) is 0 Å². The fourth-order valence-corrected chi connectivity index (χ4v) is 2.22. The quantitative estimate of drug-likeness (QED) is 0.500. The van der Waals surface area contributed by atoms with Crippen molar-refractivity contribution in [3.63, 3.8) is 0 Å². The van der Waals surface area contributed by atoms with E-state index >= 15 is 0 Å². The van der Waals surface area contributed by atoms with Gasteiger partial charge in [-0.1, -0.05) is 6.08 Å². The van der Waals surface area contributed by atoms with Crippen LogP contribution in [0, 0.1) is 0 Å². The molecule has 3 rings (SSSR count). The molecule has 0 saturated carbocycles. The van der Waals surface area contributed by atoms with E-state index in [1.807, 2.05) is 0 Å². The van der Waals surface area contributed by atoms with E-state index in [0.29, 0.717) is 11.3 Å². The van der Waals surface area contributed by atoms with E-state index in [1.54, 1.807) is 12.2 Å². The number of carbonyl (C=O) groups is 1. The van der Waals surface area contributed by atoms with E-state index in [9.17, 15) is 20.1 Å². The number of nitrogens with one attached hydrogen (secondary N) is 1. The van der Waals surface area contributed by atoms with Crippen molar-refractivity contribution in [3.05, 3.63) is 58.7 Å². The second kappa shape index (κ2) is 3.61. The molecule has 3 aliphatic rings. The summed E-state index contributed by atoms with van der Waals surface area (Å²) in [6, 6.07) is -0.155. The summed E-state index contributed by atoms with van der Waals surface area (Å²) in [6.07, 6.45) is 6.39. The second-order valence-corrected chi connectivity index (χ2v) is 4.36. The summed E-state index contributed by atoms with van der Waals surface area (Å²) in [5.41, 5.74) is 1.71. The Bertz CT molecular complexity index is 592. The van der Waals surface area contributed by atoms with Crippen molar-refractivity contribution in [1.29, 1.82) is 0 Å². The normalized spacial score (nSPS) is 29.8. The first-order valence-electron chi connectivity index (χ1n) is 5.50. The van der Waals surface area contributed by atoms with Crippen molar-refractivity contribution in [2.24, 2.45) is 0 Å². The molecule has 2 atom stereocenters. The lowest BCUT2D eigenvalue weighted by Gasteiger charge is -2.32. The van der Waals surface area contributed by atoms with Gasteiger partial charge in [0.25, 0.3) is 0 Å². The van der Waals surface area contributed by atoms with Gasteiger partial charge in [-0.3, -0.25) is 4.79 Å². The van der Waals surface area contributed by atoms with Gasteiger partial charge in [0, 0.05) is 17.3 Å². The SMILES string of the molecule is O=C1C=CC2NC3=CC(O)=C(O)C(O)C3=CC2=C1. The van der Waals surface area contributed by atoms with E-state index in [4.69, 9.17) is 0 Å². The Balaban J connectivity index is 2.09. The number of hydrogen-bond acceptors (Lipinski definition) is 5. The topological polar surface area (TPSA) is 89.8 Å². The van der Waals surface area contributed by atoms with Crippen LogP contribution >= 0.6 is 0 Å². The fraction of sp³-hybridized carbons (Fsp3) is 0.154. The molecule has 1 aliphatic heterocycles. The maximum absolute atomic E-state index is 11.3. The molecule has 0 saturated heterocycles. The highest BCUT2D eigenvalue weighted by molar-refractivity contribution is 6.01. The minimum atomic E-state index is -1.28. The molecule has 0 aromatic heterocycles. The molecule has 2 unspecified atom stereocenters. The Kier molecular flexibility index (Phi) is 2.18. The minimum Gasteiger partial charge on any atom is -0.506 e. The average Bonchev–Trinajstić information content (AvgIpc) is 2.35. The molecule has 0 amide bonds. The lowest BCUT2D eigenvalue weighted by molar-refractivity contribution is -0.110. The molecule has 1 heterocycles. The Labute approximate surface area is 103 Å². The lowest BCUT2D eigenvalue weighted by Crippen LogP contribution is -2.38. The zero-order chi connectivity index (χ0) is 12.9. The van der Waals surface area contributed by atoms with Crippen LogP contribution < -0.4 is 5.32 Å². The zero-order valence-corrected chi connectivity index (χ0v) is 9.29. The van der Waals surface area contributed by atoms with Crippen molar-refractivity contribution < 1.29 is 20.1 Å². The molecule has 5 nitrogen and oxygen atoms in total. The molecule has 0 radical (unpaired) electrons. The summed E-state index contributed by atoms with van der Waals surface area (Å²) < 4.78 is 0. The number of ketones is 1. The van der Waals surface area contributed by atoms with Gasteiger partial charge in [-0.2, -0.15) is 0 Å². The molecule has 0 spiro atoms. The third-order valence-corrected chi connectivity index (χ3v) is 3.16. The third kappa shape index (κ3) is 1.48. The van der Waals surface area contributed by atoms with Crippen LogP contribution in [0.15, 0.2) is 58.7 Å². The van der Waals surface area contributed by atoms with Crippen LogP contribution in [0.5, 0.6) is 0 Å². The second-order valence-electron chi connectivity index (χ2n) is 4.36. The average molecular weight is 245 g/mol. The van der Waals surface area contributed by atoms with Crippen molar-refractivity contribution in [3.8, 4) is 0 Å². The van der Waals surface area contributed by atoms with E-state index in [1.165, 1.54) is 18.2 Å². The Morgan fingerprint density at radius 1 is 1.17 bits per heavy atom. The van der Waals surface area contributed by atoms with E-state index in [-0.39, 0.29) is 17.6 Å². The Hall–Kier alpha value is -2.27. The highest BCUT2D eigenvalue weighted by Gasteiger charge is 2.32. The van der Waals surface area contributed by atoms with Gasteiger partial charge in [0.1, 0.15) is 6.10 Å². The predicted octanol–water partition coefficient (Wildman–Crippen LogP) is 0.536. The Morgan fingerprint density at radius 2 is 1.94 bits per heavy atom. The van der Waals surface area contributed by atoms with Crippen LogP contribution in [0.4, 0.5) is 0 Å². The molecule has 92 valence electrons. The highest BCUT2D eigenvalue weighted by atomic mass is 16.3. The van der Waals surface area contributed by atoms with Crippen molar-refractivity contribution in [2.75, 3.05) is 0 Å². The first kappa shape index (κ1) is 10.9. The largest absolute Gasteiger partial charge is 0.506 e. The predicted molar refractivity (Wildman–Crippen MR) is 63.6 cm³/mol. The summed E-state index contributed by atoms with van der Waals surface area (Å²) >= 11 is 0. The highest BCUT2D eigenvalue weighted by Crippen LogP contribution is 2.32. The Morgan fingerprint density at radius 3 is 2.72 bits per heavy atom. The van der Waals surface area contributed by atoms with Gasteiger partial charge in [0.2, 0.25) is 0 Å². The van der Waals surface area contributed by atoms with Crippen molar-refractivity contribution in [2.45, 2.75) is 12.1 Å². The molecule has 0 fully saturated rings. The summed E-state index contributed by atoms with van der Waals surface area (Å²) in [6.45, 7) is 0. The van der Waals surface area contributed by atoms with Crippen LogP contribution in [0.1, 0.15) is 0 Å². The summed E-state index contributed by atoms with van der Waals surface area (Å²) in [5, 5.41) is 31.9. The third-order valence-electron chi connectivity index (χ3n) is 3.16. The molecule has 0 bridgehead atoms. The number of aliphatic hydroxyl groups excluding tert-OH is 3. The maximum Gasteiger partial charge on any atom is 0.178 e. The zero-order valence-electron chi connectivity index (χ0n) is 9.29. The van der Waals surface area contributed by atoms with E-state index in [0.717, 1.165) is 5.57 Å². The van der Waals surface area contributed by atoms with E-state index < -0.39 is 11.9 Å². The van der Waals surface area contributed by atoms with Crippen LogP contribution in [0.2, 0.25) is 0 Å². The number of hydrogen-bond donors (Lipinski definition) is 4. The number of aliphatic hydroxyl groups is 3. The molecule has 0 aromatic carbocycles. The molecule has 2 aliphatic carbocycles. The summed E-state index contributed by atoms with van der Waals surface area (Å²) in [5.74, 6) is -0.950. The molecular formula is C13H11NO4. The molecular weight excluding hydrogens is 234 g/mol. The smallest absolute Gasteiger partial charge is 0.178 e. The standard InChI is InChI=1S/C13H11NO4/c15-7-1-2-9-6(3-7)4-8-10(14-9)5-11(16)13(18)12(8)17/h1-5,9,12,14,16-18H. The number of allylic oxidation sites excluding steroid dienone is 3. The molecule has 0 aromatic rings. The van der Waals surface area contributed by atoms with Gasteiger partial charge in [0.05, 0.1) is 6.04 Å². The van der Waals surface area contributed by atoms with Gasteiger partial charge in [-0.25, -0.2) is 0 Å². The first-order valence-corrected chi connectivity index (χ1v) is 5.50. The van der Waals surface area contributed by atoms with Crippen molar-refractivity contribution >= 4 is 5.78 Å². The van der Waals surface area contributed by atoms with Crippen LogP contribution in [-0.4, -0.2) is 33.2 Å². The van der Waals surface area contributed by atoms with Gasteiger partial charge in [-0.05, 0) is 23.8 Å². The van der Waals surface area contributed by atoms with Crippen LogP contribution in [-0.2, 0) is 4.79 Å². The lowest BCUT2D eigenvalue weighted by atomic mass is 9.87. The molecule has 4 N–H and O–H groups in total. The van der Waals surface area contributed by atoms with Crippen molar-refractivity contribution in [1.82, 2.24) is 5.32 Å². The molecule has 5 heteroatoms. The first-order chi connectivity index (χ1) is 8.56. The molecule has 18 heavy (non-hydrogen) atoms. The fourth-order valence-electron chi connectivity index (χ4n) is 2.22. The monoisotopic (exact) mass is 245 g/mol. The number of rotatable bonds is 0. The van der Waals surface area contributed by atoms with Crippen LogP contribution in [0.3, 0.4) is 0 Å². The van der Waals surface area contributed by atoms with E-state index in [2.05, 4.69) is 5.32 Å². The van der Waals surface area contributed by atoms with Gasteiger partial charge in [-0.15, -0.1) is 0 Å². The maximum atomic E-state index is 11.3. The number of fused-ring (bicyclic) bond motifs is 2. The van der Waals surface area contributed by atoms with Gasteiger partial charge < -0.3 is 20.6 Å². The van der Waals surface area contributed by atoms with Gasteiger partial charge in [0.15, 0.2) is 17.3 Å². The summed E-state index contributed by atoms with van der Waals surface area (Å²) in [7, 11) is 0.